The predicted octanol–water partition coefficient (Wildman–Crippen LogP) is -0.290. The molecule has 0 amide bonds. The van der Waals surface area contributed by atoms with Gasteiger partial charge in [0.25, 0.3) is 0 Å². The van der Waals surface area contributed by atoms with Gasteiger partial charge in [0.15, 0.2) is 7.85 Å². The summed E-state index contributed by atoms with van der Waals surface area (Å²) in [6, 6.07) is 4.02. The molecule has 0 radical (unpaired) electrons. The van der Waals surface area contributed by atoms with Crippen LogP contribution in [0.15, 0.2) is 12.1 Å². The fourth-order valence-electron chi connectivity index (χ4n) is 1.54. The first-order valence-corrected chi connectivity index (χ1v) is 4.38. The quantitative estimate of drug-likeness (QED) is 0.604. The average Bonchev–Trinajstić information content (AvgIpc) is 2.87. The summed E-state index contributed by atoms with van der Waals surface area (Å²) >= 11 is 0. The van der Waals surface area contributed by atoms with Crippen molar-refractivity contribution in [3.05, 3.63) is 23.4 Å². The number of pyridine rings is 1. The third-order valence-electron chi connectivity index (χ3n) is 2.36. The smallest absolute Gasteiger partial charge is 0.164 e. The summed E-state index contributed by atoms with van der Waals surface area (Å²) in [7, 11) is 2.02. The van der Waals surface area contributed by atoms with Gasteiger partial charge in [-0.15, -0.1) is 0 Å². The van der Waals surface area contributed by atoms with Gasteiger partial charge in [-0.05, 0) is 36.0 Å². The second kappa shape index (κ2) is 2.90. The number of nitrogens with zero attached hydrogens (tertiary/aromatic N) is 1. The number of aliphatic hydroxyl groups excluding tert-OH is 1. The molecule has 1 aliphatic carbocycles. The lowest BCUT2D eigenvalue weighted by Crippen LogP contribution is -2.16. The molecule has 2 nitrogen and oxygen atoms in total. The van der Waals surface area contributed by atoms with Crippen molar-refractivity contribution in [1.29, 1.82) is 0 Å². The summed E-state index contributed by atoms with van der Waals surface area (Å²) in [6.45, 7) is 0.0474. The van der Waals surface area contributed by atoms with Crippen LogP contribution in [-0.2, 0) is 6.61 Å². The summed E-state index contributed by atoms with van der Waals surface area (Å²) in [5.74, 6) is 0.755. The predicted molar refractivity (Wildman–Crippen MR) is 50.3 cm³/mol. The molecule has 0 atom stereocenters. The molecular weight excluding hydrogens is 149 g/mol. The van der Waals surface area contributed by atoms with Gasteiger partial charge in [0.1, 0.15) is 0 Å². The molecule has 12 heavy (non-hydrogen) atoms. The van der Waals surface area contributed by atoms with Crippen molar-refractivity contribution in [2.45, 2.75) is 25.4 Å². The summed E-state index contributed by atoms with van der Waals surface area (Å²) in [5, 5.41) is 8.84. The van der Waals surface area contributed by atoms with Crippen molar-refractivity contribution in [3.8, 4) is 0 Å². The molecule has 1 aliphatic rings. The average molecular weight is 161 g/mol. The zero-order chi connectivity index (χ0) is 8.55. The Hall–Kier alpha value is -0.825. The van der Waals surface area contributed by atoms with Crippen molar-refractivity contribution >= 4 is 13.4 Å². The van der Waals surface area contributed by atoms with E-state index in [1.807, 2.05) is 13.9 Å². The largest absolute Gasteiger partial charge is 0.390 e. The van der Waals surface area contributed by atoms with Crippen LogP contribution in [0.25, 0.3) is 0 Å². The second-order valence-corrected chi connectivity index (χ2v) is 3.41. The third-order valence-corrected chi connectivity index (χ3v) is 2.36. The number of aromatic nitrogens is 1. The highest BCUT2D eigenvalue weighted by molar-refractivity contribution is 6.31. The zero-order valence-corrected chi connectivity index (χ0v) is 7.25. The molecule has 2 rings (SSSR count). The van der Waals surface area contributed by atoms with Crippen LogP contribution in [-0.4, -0.2) is 17.9 Å². The van der Waals surface area contributed by atoms with Gasteiger partial charge < -0.3 is 5.11 Å². The van der Waals surface area contributed by atoms with E-state index in [0.717, 1.165) is 17.2 Å². The highest BCUT2D eigenvalue weighted by atomic mass is 16.3. The maximum Gasteiger partial charge on any atom is 0.164 e. The molecule has 0 spiro atoms. The minimum atomic E-state index is 0.0474. The minimum Gasteiger partial charge on any atom is -0.390 e. The lowest BCUT2D eigenvalue weighted by molar-refractivity contribution is 0.277. The first-order chi connectivity index (χ1) is 5.81. The van der Waals surface area contributed by atoms with E-state index in [-0.39, 0.29) is 6.61 Å². The van der Waals surface area contributed by atoms with Crippen LogP contribution in [0, 0.1) is 0 Å². The summed E-state index contributed by atoms with van der Waals surface area (Å²) in [4.78, 5) is 4.30. The van der Waals surface area contributed by atoms with Crippen molar-refractivity contribution in [1.82, 2.24) is 4.98 Å². The standard InChI is InChI=1S/C9H12BNO/c10-9-8(6-1-2-6)4-3-7(5-12)11-9/h3-4,6,12H,1-2,5,10H2. The van der Waals surface area contributed by atoms with E-state index in [1.165, 1.54) is 18.4 Å². The Balaban J connectivity index is 2.32. The fraction of sp³-hybridized carbons (Fsp3) is 0.444. The van der Waals surface area contributed by atoms with Crippen LogP contribution < -0.4 is 5.59 Å². The molecule has 1 saturated carbocycles. The van der Waals surface area contributed by atoms with Gasteiger partial charge in [0.2, 0.25) is 0 Å². The summed E-state index contributed by atoms with van der Waals surface area (Å²) in [6.07, 6.45) is 2.61. The van der Waals surface area contributed by atoms with Gasteiger partial charge in [-0.1, -0.05) is 6.07 Å². The number of aliphatic hydroxyl groups is 1. The molecule has 0 saturated heterocycles. The molecule has 0 unspecified atom stereocenters. The Bertz CT molecular complexity index is 297. The van der Waals surface area contributed by atoms with Crippen molar-refractivity contribution in [3.63, 3.8) is 0 Å². The van der Waals surface area contributed by atoms with Crippen LogP contribution in [0.3, 0.4) is 0 Å². The SMILES string of the molecule is Bc1nc(CO)ccc1C1CC1. The monoisotopic (exact) mass is 161 g/mol. The third kappa shape index (κ3) is 1.37. The van der Waals surface area contributed by atoms with Crippen LogP contribution in [0.4, 0.5) is 0 Å². The molecule has 0 bridgehead atoms. The molecular formula is C9H12BNO. The van der Waals surface area contributed by atoms with Gasteiger partial charge in [-0.3, -0.25) is 4.98 Å². The highest BCUT2D eigenvalue weighted by Crippen LogP contribution is 2.38. The Morgan fingerprint density at radius 1 is 1.50 bits per heavy atom. The van der Waals surface area contributed by atoms with Gasteiger partial charge in [0.05, 0.1) is 12.3 Å². The second-order valence-electron chi connectivity index (χ2n) is 3.41. The maximum atomic E-state index is 8.84. The van der Waals surface area contributed by atoms with Gasteiger partial charge in [-0.2, -0.15) is 0 Å². The van der Waals surface area contributed by atoms with E-state index in [1.54, 1.807) is 0 Å². The van der Waals surface area contributed by atoms with Gasteiger partial charge >= 0.3 is 0 Å². The van der Waals surface area contributed by atoms with Gasteiger partial charge in [0, 0.05) is 0 Å². The molecule has 1 aromatic rings. The van der Waals surface area contributed by atoms with Crippen LogP contribution >= 0.6 is 0 Å². The maximum absolute atomic E-state index is 8.84. The molecule has 1 N–H and O–H groups in total. The first kappa shape index (κ1) is 7.81. The number of hydrogen-bond acceptors (Lipinski definition) is 2. The minimum absolute atomic E-state index is 0.0474. The molecule has 1 aromatic heterocycles. The molecule has 0 aliphatic heterocycles. The van der Waals surface area contributed by atoms with Gasteiger partial charge in [-0.25, -0.2) is 0 Å². The van der Waals surface area contributed by atoms with Crippen molar-refractivity contribution < 1.29 is 5.11 Å². The van der Waals surface area contributed by atoms with Crippen LogP contribution in [0.2, 0.25) is 0 Å². The van der Waals surface area contributed by atoms with E-state index in [4.69, 9.17) is 5.11 Å². The normalized spacial score (nSPS) is 16.4. The number of hydrogen-bond donors (Lipinski definition) is 1. The molecule has 0 aromatic carbocycles. The zero-order valence-electron chi connectivity index (χ0n) is 7.25. The molecule has 62 valence electrons. The Morgan fingerprint density at radius 2 is 2.25 bits per heavy atom. The Kier molecular flexibility index (Phi) is 1.89. The lowest BCUT2D eigenvalue weighted by Gasteiger charge is -2.04. The topological polar surface area (TPSA) is 33.1 Å². The van der Waals surface area contributed by atoms with E-state index < -0.39 is 0 Å². The summed E-state index contributed by atoms with van der Waals surface area (Å²) < 4.78 is 0. The van der Waals surface area contributed by atoms with Crippen LogP contribution in [0.5, 0.6) is 0 Å². The number of rotatable bonds is 2. The van der Waals surface area contributed by atoms with Crippen molar-refractivity contribution in [2.75, 3.05) is 0 Å². The molecule has 1 fully saturated rings. The fourth-order valence-corrected chi connectivity index (χ4v) is 1.54. The Morgan fingerprint density at radius 3 is 2.75 bits per heavy atom. The molecule has 1 heterocycles. The van der Waals surface area contributed by atoms with E-state index >= 15 is 0 Å². The lowest BCUT2D eigenvalue weighted by atomic mass is 9.94. The van der Waals surface area contributed by atoms with Crippen LogP contribution in [0.1, 0.15) is 30.0 Å². The van der Waals surface area contributed by atoms with E-state index in [2.05, 4.69) is 11.1 Å². The summed E-state index contributed by atoms with van der Waals surface area (Å²) in [5.41, 5.74) is 3.23. The molecule has 3 heteroatoms. The first-order valence-electron chi connectivity index (χ1n) is 4.38. The van der Waals surface area contributed by atoms with E-state index in [9.17, 15) is 0 Å². The Labute approximate surface area is 73.1 Å². The van der Waals surface area contributed by atoms with E-state index in [0.29, 0.717) is 0 Å². The van der Waals surface area contributed by atoms with Crippen molar-refractivity contribution in [2.24, 2.45) is 0 Å². The highest BCUT2D eigenvalue weighted by Gasteiger charge is 2.25.